The highest BCUT2D eigenvalue weighted by Crippen LogP contribution is 2.22. The Labute approximate surface area is 144 Å². The van der Waals surface area contributed by atoms with E-state index in [-0.39, 0.29) is 5.56 Å². The van der Waals surface area contributed by atoms with Crippen LogP contribution in [-0.4, -0.2) is 9.55 Å². The molecule has 0 saturated carbocycles. The van der Waals surface area contributed by atoms with E-state index in [0.717, 1.165) is 5.56 Å². The average Bonchev–Trinajstić information content (AvgIpc) is 2.65. The zero-order valence-corrected chi connectivity index (χ0v) is 13.4. The van der Waals surface area contributed by atoms with Crippen LogP contribution in [0.3, 0.4) is 0 Å². The van der Waals surface area contributed by atoms with Gasteiger partial charge in [-0.25, -0.2) is 9.37 Å². The van der Waals surface area contributed by atoms with Crippen molar-refractivity contribution in [2.75, 3.05) is 0 Å². The number of nitrogens with zero attached hydrogens (tertiary/aromatic N) is 2. The lowest BCUT2D eigenvalue weighted by molar-refractivity contribution is 0.626. The van der Waals surface area contributed by atoms with Crippen LogP contribution in [0.15, 0.2) is 83.7 Å². The van der Waals surface area contributed by atoms with Crippen molar-refractivity contribution >= 4 is 10.9 Å². The molecule has 0 fully saturated rings. The van der Waals surface area contributed by atoms with Crippen LogP contribution in [0.25, 0.3) is 22.3 Å². The summed E-state index contributed by atoms with van der Waals surface area (Å²) in [5, 5.41) is 0.526. The molecule has 0 amide bonds. The van der Waals surface area contributed by atoms with Gasteiger partial charge in [-0.15, -0.1) is 0 Å². The van der Waals surface area contributed by atoms with Crippen LogP contribution in [-0.2, 0) is 6.54 Å². The van der Waals surface area contributed by atoms with E-state index < -0.39 is 5.82 Å². The van der Waals surface area contributed by atoms with E-state index in [0.29, 0.717) is 28.8 Å². The zero-order chi connectivity index (χ0) is 17.2. The van der Waals surface area contributed by atoms with Gasteiger partial charge in [-0.3, -0.25) is 9.36 Å². The van der Waals surface area contributed by atoms with Crippen molar-refractivity contribution in [1.29, 1.82) is 0 Å². The van der Waals surface area contributed by atoms with Crippen LogP contribution >= 0.6 is 0 Å². The lowest BCUT2D eigenvalue weighted by atomic mass is 10.1. The maximum absolute atomic E-state index is 14.4. The van der Waals surface area contributed by atoms with Gasteiger partial charge in [-0.05, 0) is 29.8 Å². The Balaban J connectivity index is 2.01. The molecule has 3 aromatic carbocycles. The van der Waals surface area contributed by atoms with Crippen LogP contribution in [0.2, 0.25) is 0 Å². The minimum atomic E-state index is -0.397. The second-order valence-electron chi connectivity index (χ2n) is 5.81. The van der Waals surface area contributed by atoms with Crippen molar-refractivity contribution in [3.05, 3.63) is 101 Å². The first-order chi connectivity index (χ1) is 12.2. The van der Waals surface area contributed by atoms with Gasteiger partial charge in [0.25, 0.3) is 5.56 Å². The molecule has 1 aromatic heterocycles. The molecule has 4 heteroatoms. The third-order valence-electron chi connectivity index (χ3n) is 4.16. The molecule has 0 saturated heterocycles. The van der Waals surface area contributed by atoms with Crippen LogP contribution < -0.4 is 5.56 Å². The minimum Gasteiger partial charge on any atom is -0.288 e. The van der Waals surface area contributed by atoms with Gasteiger partial charge in [0, 0.05) is 0 Å². The highest BCUT2D eigenvalue weighted by Gasteiger charge is 2.15. The summed E-state index contributed by atoms with van der Waals surface area (Å²) < 4.78 is 15.9. The highest BCUT2D eigenvalue weighted by molar-refractivity contribution is 5.79. The molecule has 0 radical (unpaired) electrons. The molecule has 0 aliphatic rings. The van der Waals surface area contributed by atoms with E-state index in [4.69, 9.17) is 0 Å². The monoisotopic (exact) mass is 330 g/mol. The van der Waals surface area contributed by atoms with Gasteiger partial charge >= 0.3 is 0 Å². The van der Waals surface area contributed by atoms with Crippen molar-refractivity contribution < 1.29 is 4.39 Å². The third kappa shape index (κ3) is 2.83. The number of aromatic nitrogens is 2. The van der Waals surface area contributed by atoms with Crippen LogP contribution in [0.4, 0.5) is 4.39 Å². The Hall–Kier alpha value is -3.27. The highest BCUT2D eigenvalue weighted by atomic mass is 19.1. The minimum absolute atomic E-state index is 0.173. The van der Waals surface area contributed by atoms with Crippen LogP contribution in [0.5, 0.6) is 0 Å². The smallest absolute Gasteiger partial charge is 0.261 e. The van der Waals surface area contributed by atoms with Crippen LogP contribution in [0.1, 0.15) is 5.56 Å². The molecule has 0 aliphatic carbocycles. The fourth-order valence-electron chi connectivity index (χ4n) is 2.93. The molecule has 0 N–H and O–H groups in total. The standard InChI is InChI=1S/C21H15FN2O/c22-18-12-6-4-10-16(18)20-23-19-13-7-5-11-17(19)21(25)24(20)14-15-8-2-1-3-9-15/h1-13H,14H2. The number of benzene rings is 3. The van der Waals surface area contributed by atoms with Gasteiger partial charge in [-0.1, -0.05) is 54.6 Å². The molecule has 0 spiro atoms. The van der Waals surface area contributed by atoms with E-state index in [1.807, 2.05) is 36.4 Å². The predicted molar refractivity (Wildman–Crippen MR) is 96.9 cm³/mol. The number of hydrogen-bond donors (Lipinski definition) is 0. The summed E-state index contributed by atoms with van der Waals surface area (Å²) in [6, 6.07) is 23.2. The van der Waals surface area contributed by atoms with Gasteiger partial charge in [0.2, 0.25) is 0 Å². The molecule has 0 bridgehead atoms. The number of fused-ring (bicyclic) bond motifs is 1. The van der Waals surface area contributed by atoms with E-state index in [2.05, 4.69) is 4.98 Å². The molecular weight excluding hydrogens is 315 g/mol. The van der Waals surface area contributed by atoms with E-state index in [1.165, 1.54) is 10.6 Å². The molecule has 25 heavy (non-hydrogen) atoms. The van der Waals surface area contributed by atoms with Crippen molar-refractivity contribution in [1.82, 2.24) is 9.55 Å². The number of para-hydroxylation sites is 1. The fourth-order valence-corrected chi connectivity index (χ4v) is 2.93. The van der Waals surface area contributed by atoms with E-state index >= 15 is 0 Å². The Bertz CT molecular complexity index is 1100. The first kappa shape index (κ1) is 15.3. The maximum atomic E-state index is 14.4. The second kappa shape index (κ2) is 6.32. The second-order valence-corrected chi connectivity index (χ2v) is 5.81. The van der Waals surface area contributed by atoms with Gasteiger partial charge in [-0.2, -0.15) is 0 Å². The van der Waals surface area contributed by atoms with E-state index in [9.17, 15) is 9.18 Å². The largest absolute Gasteiger partial charge is 0.288 e. The lowest BCUT2D eigenvalue weighted by Crippen LogP contribution is -2.24. The predicted octanol–water partition coefficient (Wildman–Crippen LogP) is 4.25. The van der Waals surface area contributed by atoms with Gasteiger partial charge in [0.15, 0.2) is 0 Å². The summed E-state index contributed by atoms with van der Waals surface area (Å²) in [6.45, 7) is 0.334. The molecule has 3 nitrogen and oxygen atoms in total. The maximum Gasteiger partial charge on any atom is 0.261 e. The topological polar surface area (TPSA) is 34.9 Å². The number of hydrogen-bond acceptors (Lipinski definition) is 2. The first-order valence-corrected chi connectivity index (χ1v) is 8.02. The molecule has 4 rings (SSSR count). The molecule has 0 unspecified atom stereocenters. The first-order valence-electron chi connectivity index (χ1n) is 8.02. The molecule has 122 valence electrons. The van der Waals surface area contributed by atoms with Crippen molar-refractivity contribution in [2.24, 2.45) is 0 Å². The molecule has 4 aromatic rings. The van der Waals surface area contributed by atoms with Crippen molar-refractivity contribution in [2.45, 2.75) is 6.54 Å². The summed E-state index contributed by atoms with van der Waals surface area (Å²) in [5.74, 6) is -0.0582. The Kier molecular flexibility index (Phi) is 3.86. The Morgan fingerprint density at radius 1 is 0.840 bits per heavy atom. The number of rotatable bonds is 3. The van der Waals surface area contributed by atoms with Gasteiger partial charge in [0.1, 0.15) is 11.6 Å². The van der Waals surface area contributed by atoms with Crippen molar-refractivity contribution in [3.8, 4) is 11.4 Å². The fraction of sp³-hybridized carbons (Fsp3) is 0.0476. The third-order valence-corrected chi connectivity index (χ3v) is 4.16. The SMILES string of the molecule is O=c1c2ccccc2nc(-c2ccccc2F)n1Cc1ccccc1. The zero-order valence-electron chi connectivity index (χ0n) is 13.4. The van der Waals surface area contributed by atoms with Gasteiger partial charge < -0.3 is 0 Å². The average molecular weight is 330 g/mol. The summed E-state index contributed by atoms with van der Waals surface area (Å²) in [5.41, 5.74) is 1.67. The van der Waals surface area contributed by atoms with Crippen molar-refractivity contribution in [3.63, 3.8) is 0 Å². The molecular formula is C21H15FN2O. The summed E-state index contributed by atoms with van der Waals surface area (Å²) in [6.07, 6.45) is 0. The summed E-state index contributed by atoms with van der Waals surface area (Å²) in [4.78, 5) is 17.6. The quantitative estimate of drug-likeness (QED) is 0.563. The number of halogens is 1. The molecule has 0 aliphatic heterocycles. The summed E-state index contributed by atoms with van der Waals surface area (Å²) in [7, 11) is 0. The van der Waals surface area contributed by atoms with E-state index in [1.54, 1.807) is 36.4 Å². The Morgan fingerprint density at radius 3 is 2.32 bits per heavy atom. The lowest BCUT2D eigenvalue weighted by Gasteiger charge is -2.14. The Morgan fingerprint density at radius 2 is 1.52 bits per heavy atom. The van der Waals surface area contributed by atoms with Gasteiger partial charge in [0.05, 0.1) is 23.0 Å². The normalized spacial score (nSPS) is 10.9. The summed E-state index contributed by atoms with van der Waals surface area (Å²) >= 11 is 0. The molecule has 0 atom stereocenters. The van der Waals surface area contributed by atoms with Crippen LogP contribution in [0, 0.1) is 5.82 Å². The molecule has 1 heterocycles.